The first-order valence-electron chi connectivity index (χ1n) is 7.85. The first kappa shape index (κ1) is 17.5. The molecule has 8 heteroatoms. The fourth-order valence-corrected chi connectivity index (χ4v) is 4.04. The van der Waals surface area contributed by atoms with Gasteiger partial charge in [0, 0.05) is 24.8 Å². The topological polar surface area (TPSA) is 92.7 Å². The molecule has 1 atom stereocenters. The van der Waals surface area contributed by atoms with Crippen LogP contribution < -0.4 is 15.4 Å². The molecule has 0 amide bonds. The molecule has 2 N–H and O–H groups in total. The van der Waals surface area contributed by atoms with Gasteiger partial charge in [0.2, 0.25) is 5.88 Å². The van der Waals surface area contributed by atoms with Gasteiger partial charge in [0.25, 0.3) is 0 Å². The van der Waals surface area contributed by atoms with Crippen LogP contribution in [-0.4, -0.2) is 50.1 Å². The Hall–Kier alpha value is -1.83. The van der Waals surface area contributed by atoms with Crippen molar-refractivity contribution < 1.29 is 13.2 Å². The average Bonchev–Trinajstić information content (AvgIpc) is 2.85. The highest BCUT2D eigenvalue weighted by Gasteiger charge is 2.28. The molecule has 1 aromatic heterocycles. The molecule has 1 unspecified atom stereocenters. The zero-order valence-corrected chi connectivity index (χ0v) is 14.4. The highest BCUT2D eigenvalue weighted by atomic mass is 32.2. The summed E-state index contributed by atoms with van der Waals surface area (Å²) in [6.07, 6.45) is 2.32. The summed E-state index contributed by atoms with van der Waals surface area (Å²) in [5.74, 6) is 1.62. The van der Waals surface area contributed by atoms with Gasteiger partial charge < -0.3 is 15.4 Å². The zero-order chi connectivity index (χ0) is 16.7. The summed E-state index contributed by atoms with van der Waals surface area (Å²) in [5, 5.41) is 6.34. The van der Waals surface area contributed by atoms with Crippen LogP contribution in [0.1, 0.15) is 25.8 Å². The Morgan fingerprint density at radius 2 is 2.30 bits per heavy atom. The SMILES string of the molecule is CCNC(=NCc1ccnc(OCC)c1)NC1CCS(=O)(=O)C1. The van der Waals surface area contributed by atoms with Crippen LogP contribution in [0.25, 0.3) is 0 Å². The smallest absolute Gasteiger partial charge is 0.213 e. The van der Waals surface area contributed by atoms with Crippen LogP contribution in [0.2, 0.25) is 0 Å². The minimum atomic E-state index is -2.91. The first-order chi connectivity index (χ1) is 11.0. The van der Waals surface area contributed by atoms with E-state index in [1.165, 1.54) is 0 Å². The molecule has 1 fully saturated rings. The molecule has 2 rings (SSSR count). The van der Waals surface area contributed by atoms with E-state index in [4.69, 9.17) is 4.74 Å². The lowest BCUT2D eigenvalue weighted by atomic mass is 10.2. The number of pyridine rings is 1. The van der Waals surface area contributed by atoms with Crippen molar-refractivity contribution in [1.29, 1.82) is 0 Å². The lowest BCUT2D eigenvalue weighted by Gasteiger charge is -2.15. The number of rotatable bonds is 6. The molecule has 1 aliphatic rings. The lowest BCUT2D eigenvalue weighted by molar-refractivity contribution is 0.326. The highest BCUT2D eigenvalue weighted by molar-refractivity contribution is 7.91. The summed E-state index contributed by atoms with van der Waals surface area (Å²) >= 11 is 0. The minimum Gasteiger partial charge on any atom is -0.478 e. The second-order valence-electron chi connectivity index (χ2n) is 5.37. The Labute approximate surface area is 137 Å². The molecule has 0 radical (unpaired) electrons. The minimum absolute atomic E-state index is 0.0748. The molecular weight excluding hydrogens is 316 g/mol. The fraction of sp³-hybridized carbons (Fsp3) is 0.600. The van der Waals surface area contributed by atoms with Crippen LogP contribution in [0.15, 0.2) is 23.3 Å². The molecule has 0 aromatic carbocycles. The molecular formula is C15H24N4O3S. The molecule has 7 nitrogen and oxygen atoms in total. The average molecular weight is 340 g/mol. The summed E-state index contributed by atoms with van der Waals surface area (Å²) < 4.78 is 28.4. The van der Waals surface area contributed by atoms with Gasteiger partial charge in [-0.3, -0.25) is 0 Å². The third-order valence-corrected chi connectivity index (χ3v) is 5.20. The molecule has 1 aliphatic heterocycles. The Bertz CT molecular complexity index is 646. The second kappa shape index (κ2) is 8.14. The van der Waals surface area contributed by atoms with E-state index >= 15 is 0 Å². The number of guanidine groups is 1. The summed E-state index contributed by atoms with van der Waals surface area (Å²) in [7, 11) is -2.91. The largest absolute Gasteiger partial charge is 0.478 e. The normalized spacial score (nSPS) is 20.3. The maximum Gasteiger partial charge on any atom is 0.213 e. The highest BCUT2D eigenvalue weighted by Crippen LogP contribution is 2.12. The summed E-state index contributed by atoms with van der Waals surface area (Å²) in [5.41, 5.74) is 0.986. The van der Waals surface area contributed by atoms with E-state index in [2.05, 4.69) is 20.6 Å². The van der Waals surface area contributed by atoms with Gasteiger partial charge in [-0.05, 0) is 31.9 Å². The van der Waals surface area contributed by atoms with Crippen molar-refractivity contribution in [2.24, 2.45) is 4.99 Å². The Morgan fingerprint density at radius 3 is 2.96 bits per heavy atom. The van der Waals surface area contributed by atoms with Gasteiger partial charge in [0.15, 0.2) is 15.8 Å². The monoisotopic (exact) mass is 340 g/mol. The van der Waals surface area contributed by atoms with Gasteiger partial charge in [-0.25, -0.2) is 18.4 Å². The predicted molar refractivity (Wildman–Crippen MR) is 90.4 cm³/mol. The zero-order valence-electron chi connectivity index (χ0n) is 13.6. The van der Waals surface area contributed by atoms with E-state index in [-0.39, 0.29) is 17.5 Å². The number of aromatic nitrogens is 1. The third kappa shape index (κ3) is 5.70. The number of hydrogen-bond donors (Lipinski definition) is 2. The van der Waals surface area contributed by atoms with Gasteiger partial charge >= 0.3 is 0 Å². The van der Waals surface area contributed by atoms with Crippen molar-refractivity contribution in [3.05, 3.63) is 23.9 Å². The van der Waals surface area contributed by atoms with E-state index in [1.54, 1.807) is 6.20 Å². The summed E-state index contributed by atoms with van der Waals surface area (Å²) in [4.78, 5) is 8.64. The van der Waals surface area contributed by atoms with Gasteiger partial charge in [0.1, 0.15) is 0 Å². The molecule has 0 aliphatic carbocycles. The summed E-state index contributed by atoms with van der Waals surface area (Å²) in [6, 6.07) is 3.67. The lowest BCUT2D eigenvalue weighted by Crippen LogP contribution is -2.44. The Balaban J connectivity index is 1.99. The molecule has 0 saturated carbocycles. The Morgan fingerprint density at radius 1 is 1.48 bits per heavy atom. The van der Waals surface area contributed by atoms with E-state index in [1.807, 2.05) is 26.0 Å². The quantitative estimate of drug-likeness (QED) is 0.586. The number of hydrogen-bond acceptors (Lipinski definition) is 5. The molecule has 23 heavy (non-hydrogen) atoms. The van der Waals surface area contributed by atoms with Crippen LogP contribution in [0.5, 0.6) is 5.88 Å². The Kier molecular flexibility index (Phi) is 6.20. The number of nitrogens with zero attached hydrogens (tertiary/aromatic N) is 2. The predicted octanol–water partition coefficient (Wildman–Crippen LogP) is 0.723. The molecule has 1 aromatic rings. The first-order valence-corrected chi connectivity index (χ1v) is 9.67. The third-order valence-electron chi connectivity index (χ3n) is 3.43. The maximum absolute atomic E-state index is 11.5. The van der Waals surface area contributed by atoms with E-state index in [0.29, 0.717) is 38.0 Å². The van der Waals surface area contributed by atoms with E-state index in [0.717, 1.165) is 5.56 Å². The van der Waals surface area contributed by atoms with E-state index < -0.39 is 9.84 Å². The van der Waals surface area contributed by atoms with Crippen molar-refractivity contribution >= 4 is 15.8 Å². The van der Waals surface area contributed by atoms with Crippen molar-refractivity contribution in [3.63, 3.8) is 0 Å². The fourth-order valence-electron chi connectivity index (χ4n) is 2.37. The molecule has 0 bridgehead atoms. The second-order valence-corrected chi connectivity index (χ2v) is 7.60. The molecule has 2 heterocycles. The van der Waals surface area contributed by atoms with Crippen molar-refractivity contribution in [2.45, 2.75) is 32.9 Å². The van der Waals surface area contributed by atoms with Gasteiger partial charge in [-0.2, -0.15) is 0 Å². The standard InChI is InChI=1S/C15H24N4O3S/c1-3-16-15(19-13-6-8-23(20,21)11-13)18-10-12-5-7-17-14(9-12)22-4-2/h5,7,9,13H,3-4,6,8,10-11H2,1-2H3,(H2,16,18,19). The number of sulfone groups is 1. The van der Waals surface area contributed by atoms with Crippen LogP contribution in [0, 0.1) is 0 Å². The van der Waals surface area contributed by atoms with Crippen molar-refractivity contribution in [1.82, 2.24) is 15.6 Å². The van der Waals surface area contributed by atoms with Crippen LogP contribution in [0.3, 0.4) is 0 Å². The molecule has 1 saturated heterocycles. The van der Waals surface area contributed by atoms with Crippen LogP contribution >= 0.6 is 0 Å². The van der Waals surface area contributed by atoms with Gasteiger partial charge in [-0.15, -0.1) is 0 Å². The van der Waals surface area contributed by atoms with E-state index in [9.17, 15) is 8.42 Å². The number of nitrogens with one attached hydrogen (secondary N) is 2. The number of aliphatic imine (C=N–C) groups is 1. The molecule has 0 spiro atoms. The van der Waals surface area contributed by atoms with Gasteiger partial charge in [0.05, 0.1) is 24.7 Å². The van der Waals surface area contributed by atoms with Gasteiger partial charge in [-0.1, -0.05) is 0 Å². The molecule has 128 valence electrons. The van der Waals surface area contributed by atoms with Crippen LogP contribution in [0.4, 0.5) is 0 Å². The number of ether oxygens (including phenoxy) is 1. The van der Waals surface area contributed by atoms with Crippen molar-refractivity contribution in [2.75, 3.05) is 24.7 Å². The summed E-state index contributed by atoms with van der Waals surface area (Å²) in [6.45, 7) is 5.64. The van der Waals surface area contributed by atoms with Crippen LogP contribution in [-0.2, 0) is 16.4 Å². The van der Waals surface area contributed by atoms with Crippen molar-refractivity contribution in [3.8, 4) is 5.88 Å². The maximum atomic E-state index is 11.5.